The van der Waals surface area contributed by atoms with E-state index >= 15 is 0 Å². The molecule has 4 aromatic rings. The number of aromatic nitrogens is 3. The number of halogens is 1. The molecule has 11 heteroatoms. The van der Waals surface area contributed by atoms with Gasteiger partial charge in [-0.2, -0.15) is 4.98 Å². The van der Waals surface area contributed by atoms with Gasteiger partial charge in [0.15, 0.2) is 0 Å². The smallest absolute Gasteiger partial charge is 0.545 e. The molecule has 30 heavy (non-hydrogen) atoms. The van der Waals surface area contributed by atoms with Crippen LogP contribution in [-0.2, 0) is 7.05 Å². The number of aromatic carboxylic acids is 1. The molecule has 0 aliphatic carbocycles. The summed E-state index contributed by atoms with van der Waals surface area (Å²) in [4.78, 5) is 32.1. The summed E-state index contributed by atoms with van der Waals surface area (Å²) >= 11 is 1.35. The molecule has 1 aromatic carbocycles. The summed E-state index contributed by atoms with van der Waals surface area (Å²) in [5, 5.41) is 19.4. The molecule has 0 saturated heterocycles. The van der Waals surface area contributed by atoms with Crippen molar-refractivity contribution in [3.05, 3.63) is 69.8 Å². The van der Waals surface area contributed by atoms with E-state index in [1.807, 2.05) is 0 Å². The van der Waals surface area contributed by atoms with E-state index < -0.39 is 11.8 Å². The zero-order valence-electron chi connectivity index (χ0n) is 16.0. The van der Waals surface area contributed by atoms with Crippen molar-refractivity contribution < 1.29 is 33.2 Å². The summed E-state index contributed by atoms with van der Waals surface area (Å²) < 4.78 is 15.3. The summed E-state index contributed by atoms with van der Waals surface area (Å²) in [7, 11) is 1.63. The third-order valence-electron chi connectivity index (χ3n) is 4.17. The molecule has 3 aromatic heterocycles. The molecule has 0 unspecified atom stereocenters. The Morgan fingerprint density at radius 1 is 1.20 bits per heavy atom. The van der Waals surface area contributed by atoms with Gasteiger partial charge in [-0.1, -0.05) is 0 Å². The number of nitrogens with one attached hydrogen (secondary N) is 2. The molecule has 4 rings (SSSR count). The van der Waals surface area contributed by atoms with Crippen LogP contribution in [0.4, 0.5) is 27.5 Å². The van der Waals surface area contributed by atoms with Crippen molar-refractivity contribution in [2.24, 2.45) is 7.05 Å². The molecule has 0 aliphatic rings. The molecule has 3 heterocycles. The summed E-state index contributed by atoms with van der Waals surface area (Å²) in [5.41, 5.74) is 0.468. The Morgan fingerprint density at radius 2 is 1.93 bits per heavy atom. The Balaban J connectivity index is 0.00000256. The van der Waals surface area contributed by atoms with Gasteiger partial charge in [0.1, 0.15) is 11.6 Å². The second kappa shape index (κ2) is 8.67. The van der Waals surface area contributed by atoms with Gasteiger partial charge in [-0.3, -0.25) is 4.79 Å². The fourth-order valence-electron chi connectivity index (χ4n) is 2.71. The fraction of sp³-hybridized carbons (Fsp3) is 0.0526. The van der Waals surface area contributed by atoms with Gasteiger partial charge in [0, 0.05) is 35.2 Å². The molecule has 0 spiro atoms. The maximum Gasteiger partial charge on any atom is 1.00 e. The molecule has 2 N–H and O–H groups in total. The quantitative estimate of drug-likeness (QED) is 0.417. The van der Waals surface area contributed by atoms with Gasteiger partial charge in [0.05, 0.1) is 22.6 Å². The standard InChI is InChI=1S/C19H14FN5O3S.Li/c1-25-7-6-14-15(17(25)26)13(9-29-14)23-16-12(18(27)28)8-21-19(24-16)22-11-4-2-10(20)3-5-11;/h2-9H,1H3,(H,27,28)(H2,21,22,23,24);/q;+1/p-1. The summed E-state index contributed by atoms with van der Waals surface area (Å²) in [6.45, 7) is 0. The van der Waals surface area contributed by atoms with Gasteiger partial charge < -0.3 is 25.1 Å². The predicted octanol–water partition coefficient (Wildman–Crippen LogP) is -0.616. The topological polar surface area (TPSA) is 112 Å². The van der Waals surface area contributed by atoms with Crippen LogP contribution in [0.3, 0.4) is 0 Å². The van der Waals surface area contributed by atoms with Crippen molar-refractivity contribution in [2.45, 2.75) is 0 Å². The van der Waals surface area contributed by atoms with E-state index in [-0.39, 0.29) is 41.7 Å². The number of carbonyl (C=O) groups excluding carboxylic acids is 1. The van der Waals surface area contributed by atoms with Crippen molar-refractivity contribution in [2.75, 3.05) is 10.6 Å². The average molecular weight is 417 g/mol. The third-order valence-corrected chi connectivity index (χ3v) is 5.11. The van der Waals surface area contributed by atoms with Crippen LogP contribution in [0, 0.1) is 5.82 Å². The zero-order valence-corrected chi connectivity index (χ0v) is 16.8. The number of benzene rings is 1. The normalized spacial score (nSPS) is 10.5. The molecular weight excluding hydrogens is 404 g/mol. The molecule has 0 amide bonds. The molecule has 0 atom stereocenters. The second-order valence-electron chi connectivity index (χ2n) is 6.12. The summed E-state index contributed by atoms with van der Waals surface area (Å²) in [6, 6.07) is 7.32. The van der Waals surface area contributed by atoms with Crippen LogP contribution in [0.2, 0.25) is 0 Å². The van der Waals surface area contributed by atoms with Gasteiger partial charge in [-0.05, 0) is 30.3 Å². The van der Waals surface area contributed by atoms with Crippen LogP contribution >= 0.6 is 11.3 Å². The first-order valence-electron chi connectivity index (χ1n) is 8.37. The Kier molecular flexibility index (Phi) is 6.22. The van der Waals surface area contributed by atoms with Gasteiger partial charge in [-0.25, -0.2) is 9.37 Å². The minimum Gasteiger partial charge on any atom is -0.545 e. The van der Waals surface area contributed by atoms with E-state index in [2.05, 4.69) is 20.6 Å². The molecular formula is C19H13FLiN5O3S. The molecule has 0 saturated carbocycles. The van der Waals surface area contributed by atoms with Crippen molar-refractivity contribution in [1.29, 1.82) is 0 Å². The number of rotatable bonds is 5. The molecule has 0 fully saturated rings. The number of thiophene rings is 1. The Bertz CT molecular complexity index is 1290. The Labute approximate surface area is 185 Å². The molecule has 0 bridgehead atoms. The van der Waals surface area contributed by atoms with Gasteiger partial charge >= 0.3 is 18.9 Å². The fourth-order valence-corrected chi connectivity index (χ4v) is 3.58. The first-order valence-corrected chi connectivity index (χ1v) is 9.25. The van der Waals surface area contributed by atoms with Crippen molar-refractivity contribution in [3.63, 3.8) is 0 Å². The number of carboxylic acid groups (broad SMARTS) is 1. The number of hydrogen-bond donors (Lipinski definition) is 2. The molecule has 0 radical (unpaired) electrons. The monoisotopic (exact) mass is 417 g/mol. The predicted molar refractivity (Wildman–Crippen MR) is 106 cm³/mol. The summed E-state index contributed by atoms with van der Waals surface area (Å²) in [6.07, 6.45) is 2.76. The molecule has 146 valence electrons. The third kappa shape index (κ3) is 4.21. The van der Waals surface area contributed by atoms with Crippen LogP contribution in [0.15, 0.2) is 52.9 Å². The summed E-state index contributed by atoms with van der Waals surface area (Å²) in [5.74, 6) is -1.79. The van der Waals surface area contributed by atoms with Crippen LogP contribution in [-0.4, -0.2) is 20.5 Å². The number of carbonyl (C=O) groups is 1. The van der Waals surface area contributed by atoms with E-state index in [9.17, 15) is 19.1 Å². The van der Waals surface area contributed by atoms with E-state index in [0.717, 1.165) is 10.9 Å². The van der Waals surface area contributed by atoms with Crippen LogP contribution < -0.4 is 40.2 Å². The SMILES string of the molecule is Cn1ccc2scc(Nc3nc(Nc4ccc(F)cc4)ncc3C(=O)[O-])c2c1=O.[Li+]. The second-order valence-corrected chi connectivity index (χ2v) is 7.03. The Hall–Kier alpha value is -3.19. The number of pyridine rings is 1. The van der Waals surface area contributed by atoms with Crippen molar-refractivity contribution in [1.82, 2.24) is 14.5 Å². The molecule has 8 nitrogen and oxygen atoms in total. The van der Waals surface area contributed by atoms with Gasteiger partial charge in [-0.15, -0.1) is 11.3 Å². The number of nitrogens with zero attached hydrogens (tertiary/aromatic N) is 3. The Morgan fingerprint density at radius 3 is 2.63 bits per heavy atom. The van der Waals surface area contributed by atoms with Gasteiger partial charge in [0.25, 0.3) is 5.56 Å². The van der Waals surface area contributed by atoms with Gasteiger partial charge in [0.2, 0.25) is 5.95 Å². The first kappa shape index (κ1) is 21.5. The van der Waals surface area contributed by atoms with E-state index in [0.29, 0.717) is 16.8 Å². The zero-order chi connectivity index (χ0) is 20.5. The van der Waals surface area contributed by atoms with Crippen LogP contribution in [0.5, 0.6) is 0 Å². The number of carboxylic acids is 1. The van der Waals surface area contributed by atoms with Crippen LogP contribution in [0.1, 0.15) is 10.4 Å². The van der Waals surface area contributed by atoms with Crippen LogP contribution in [0.25, 0.3) is 10.1 Å². The largest absolute Gasteiger partial charge is 1.00 e. The maximum atomic E-state index is 13.1. The average Bonchev–Trinajstić information content (AvgIpc) is 3.10. The maximum absolute atomic E-state index is 13.1. The van der Waals surface area contributed by atoms with E-state index in [1.165, 1.54) is 40.2 Å². The van der Waals surface area contributed by atoms with E-state index in [1.54, 1.807) is 24.7 Å². The minimum atomic E-state index is -1.46. The number of aryl methyl sites for hydroxylation is 1. The number of hydrogen-bond acceptors (Lipinski definition) is 8. The minimum absolute atomic E-state index is 0. The first-order chi connectivity index (χ1) is 13.9. The number of fused-ring (bicyclic) bond motifs is 1. The molecule has 0 aliphatic heterocycles. The van der Waals surface area contributed by atoms with E-state index in [4.69, 9.17) is 0 Å². The number of anilines is 4. The van der Waals surface area contributed by atoms with Crippen molar-refractivity contribution in [3.8, 4) is 0 Å². The van der Waals surface area contributed by atoms with Crippen molar-refractivity contribution >= 4 is 50.5 Å².